The van der Waals surface area contributed by atoms with Crippen LogP contribution < -0.4 is 9.47 Å². The minimum absolute atomic E-state index is 0.110. The van der Waals surface area contributed by atoms with Gasteiger partial charge in [-0.3, -0.25) is 9.59 Å². The first kappa shape index (κ1) is 30.4. The lowest BCUT2D eigenvalue weighted by Crippen LogP contribution is -2.45. The van der Waals surface area contributed by atoms with E-state index in [2.05, 4.69) is 32.6 Å². The van der Waals surface area contributed by atoms with Crippen LogP contribution in [0.25, 0.3) is 0 Å². The molecule has 3 aliphatic rings. The first-order chi connectivity index (χ1) is 19.9. The summed E-state index contributed by atoms with van der Waals surface area (Å²) in [5, 5.41) is 0.676. The highest BCUT2D eigenvalue weighted by Gasteiger charge is 2.49. The Morgan fingerprint density at radius 3 is 1.98 bits per heavy atom. The molecule has 0 saturated heterocycles. The number of Topliss-reactive ketones (excluding diaryl/α,β-unsaturated/α-hetero) is 2. The fourth-order valence-corrected chi connectivity index (χ4v) is 6.79. The average Bonchev–Trinajstić information content (AvgIpc) is 2.90. The van der Waals surface area contributed by atoms with E-state index in [1.165, 1.54) is 0 Å². The molecule has 1 aliphatic heterocycles. The molecule has 0 unspecified atom stereocenters. The van der Waals surface area contributed by atoms with Gasteiger partial charge in [0.2, 0.25) is 0 Å². The smallest absolute Gasteiger partial charge is 0.162 e. The van der Waals surface area contributed by atoms with Crippen LogP contribution in [-0.2, 0) is 20.9 Å². The molecule has 224 valence electrons. The van der Waals surface area contributed by atoms with E-state index in [-0.39, 0.29) is 22.4 Å². The molecule has 0 amide bonds. The summed E-state index contributed by atoms with van der Waals surface area (Å²) >= 11 is 6.04. The van der Waals surface area contributed by atoms with Crippen LogP contribution in [0.15, 0.2) is 65.0 Å². The zero-order valence-corrected chi connectivity index (χ0v) is 26.4. The first-order valence-corrected chi connectivity index (χ1v) is 15.2. The molecule has 0 radical (unpaired) electrons. The molecule has 2 aromatic carbocycles. The number of hydrogen-bond donors (Lipinski definition) is 0. The molecule has 2 aromatic rings. The number of nitrogens with zero attached hydrogens (tertiary/aromatic N) is 1. The Morgan fingerprint density at radius 2 is 1.43 bits per heavy atom. The fourth-order valence-electron chi connectivity index (χ4n) is 6.67. The SMILES string of the molecule is CCOc1cc(C2C3=C(CC(C)(C)CC3=O)N(CCOC)C3=C2C(=O)CC(C)(C)C3)ccc1OCc1ccc(Cl)cc1. The maximum Gasteiger partial charge on any atom is 0.162 e. The highest BCUT2D eigenvalue weighted by Crippen LogP contribution is 2.54. The minimum Gasteiger partial charge on any atom is -0.490 e. The summed E-state index contributed by atoms with van der Waals surface area (Å²) in [5.41, 5.74) is 5.08. The number of hydrogen-bond acceptors (Lipinski definition) is 6. The maximum atomic E-state index is 14.0. The molecule has 0 atom stereocenters. The third kappa shape index (κ3) is 6.16. The van der Waals surface area contributed by atoms with Crippen molar-refractivity contribution in [2.75, 3.05) is 26.9 Å². The van der Waals surface area contributed by atoms with E-state index >= 15 is 0 Å². The van der Waals surface area contributed by atoms with Crippen molar-refractivity contribution in [3.05, 3.63) is 81.2 Å². The van der Waals surface area contributed by atoms with Gasteiger partial charge in [0.1, 0.15) is 6.61 Å². The van der Waals surface area contributed by atoms with Crippen molar-refractivity contribution in [3.8, 4) is 11.5 Å². The second kappa shape index (κ2) is 11.9. The van der Waals surface area contributed by atoms with E-state index < -0.39 is 5.92 Å². The maximum absolute atomic E-state index is 14.0. The van der Waals surface area contributed by atoms with Crippen LogP contribution in [0.1, 0.15) is 77.3 Å². The third-order valence-electron chi connectivity index (χ3n) is 8.45. The van der Waals surface area contributed by atoms with Gasteiger partial charge in [0.25, 0.3) is 0 Å². The Hall–Kier alpha value is -3.09. The Morgan fingerprint density at radius 1 is 0.833 bits per heavy atom. The Bertz CT molecular complexity index is 1380. The van der Waals surface area contributed by atoms with Crippen molar-refractivity contribution < 1.29 is 23.8 Å². The van der Waals surface area contributed by atoms with Gasteiger partial charge in [0.05, 0.1) is 13.2 Å². The van der Waals surface area contributed by atoms with Crippen molar-refractivity contribution in [1.82, 2.24) is 4.90 Å². The van der Waals surface area contributed by atoms with Crippen LogP contribution >= 0.6 is 11.6 Å². The third-order valence-corrected chi connectivity index (χ3v) is 8.70. The number of ketones is 2. The van der Waals surface area contributed by atoms with Crippen LogP contribution in [0.5, 0.6) is 11.5 Å². The summed E-state index contributed by atoms with van der Waals surface area (Å²) in [7, 11) is 1.69. The predicted molar refractivity (Wildman–Crippen MR) is 165 cm³/mol. The van der Waals surface area contributed by atoms with Crippen LogP contribution in [0.2, 0.25) is 5.02 Å². The second-order valence-electron chi connectivity index (χ2n) is 13.2. The van der Waals surface area contributed by atoms with Gasteiger partial charge in [-0.25, -0.2) is 0 Å². The van der Waals surface area contributed by atoms with Gasteiger partial charge >= 0.3 is 0 Å². The lowest BCUT2D eigenvalue weighted by Gasteiger charge is -2.49. The molecule has 0 fully saturated rings. The molecule has 5 rings (SSSR count). The largest absolute Gasteiger partial charge is 0.490 e. The molecule has 42 heavy (non-hydrogen) atoms. The number of ether oxygens (including phenoxy) is 3. The topological polar surface area (TPSA) is 65.1 Å². The Balaban J connectivity index is 1.62. The van der Waals surface area contributed by atoms with Gasteiger partial charge in [-0.2, -0.15) is 0 Å². The van der Waals surface area contributed by atoms with Crippen molar-refractivity contribution >= 4 is 23.2 Å². The number of allylic oxidation sites excluding steroid dienone is 4. The van der Waals surface area contributed by atoms with Crippen LogP contribution in [-0.4, -0.2) is 43.3 Å². The number of rotatable bonds is 9. The van der Waals surface area contributed by atoms with Crippen LogP contribution in [0.3, 0.4) is 0 Å². The zero-order valence-electron chi connectivity index (χ0n) is 25.6. The van der Waals surface area contributed by atoms with Gasteiger partial charge in [0, 0.05) is 60.0 Å². The number of carbonyl (C=O) groups excluding carboxylic acids is 2. The van der Waals surface area contributed by atoms with Crippen molar-refractivity contribution in [1.29, 1.82) is 0 Å². The molecule has 0 N–H and O–H groups in total. The fraction of sp³-hybridized carbons (Fsp3) is 0.486. The molecule has 2 aliphatic carbocycles. The molecule has 6 nitrogen and oxygen atoms in total. The van der Waals surface area contributed by atoms with Gasteiger partial charge in [-0.1, -0.05) is 57.5 Å². The summed E-state index contributed by atoms with van der Waals surface area (Å²) in [5.74, 6) is 0.995. The summed E-state index contributed by atoms with van der Waals surface area (Å²) < 4.78 is 17.7. The van der Waals surface area contributed by atoms with E-state index in [1.54, 1.807) is 7.11 Å². The average molecular weight is 592 g/mol. The number of methoxy groups -OCH3 is 1. The van der Waals surface area contributed by atoms with E-state index in [0.29, 0.717) is 55.7 Å². The summed E-state index contributed by atoms with van der Waals surface area (Å²) in [6.07, 6.45) is 2.42. The summed E-state index contributed by atoms with van der Waals surface area (Å²) in [6.45, 7) is 12.5. The molecular formula is C35H42ClNO5. The molecule has 1 heterocycles. The van der Waals surface area contributed by atoms with E-state index in [1.807, 2.05) is 49.4 Å². The molecule has 0 bridgehead atoms. The lowest BCUT2D eigenvalue weighted by atomic mass is 9.63. The molecule has 7 heteroatoms. The standard InChI is InChI=1S/C35H42ClNO5/c1-7-41-30-16-23(10-13-29(30)42-21-22-8-11-24(36)12-9-22)31-32-25(17-34(2,3)19-27(32)38)37(14-15-40-6)26-18-35(4,5)20-28(39)33(26)31/h8-13,16,31H,7,14-15,17-21H2,1-6H3. The summed E-state index contributed by atoms with van der Waals surface area (Å²) in [6, 6.07) is 13.4. The van der Waals surface area contributed by atoms with Crippen molar-refractivity contribution in [2.24, 2.45) is 10.8 Å². The van der Waals surface area contributed by atoms with E-state index in [0.717, 1.165) is 46.5 Å². The lowest BCUT2D eigenvalue weighted by molar-refractivity contribution is -0.119. The Labute approximate surface area is 254 Å². The molecular weight excluding hydrogens is 550 g/mol. The molecule has 0 aromatic heterocycles. The zero-order chi connectivity index (χ0) is 30.2. The quantitative estimate of drug-likeness (QED) is 0.298. The molecule has 0 saturated carbocycles. The number of halogens is 1. The van der Waals surface area contributed by atoms with Crippen molar-refractivity contribution in [3.63, 3.8) is 0 Å². The second-order valence-corrected chi connectivity index (χ2v) is 13.7. The van der Waals surface area contributed by atoms with Crippen molar-refractivity contribution in [2.45, 2.75) is 72.8 Å². The highest BCUT2D eigenvalue weighted by molar-refractivity contribution is 6.30. The van der Waals surface area contributed by atoms with Gasteiger partial charge in [-0.05, 0) is 66.0 Å². The van der Waals surface area contributed by atoms with E-state index in [9.17, 15) is 9.59 Å². The predicted octanol–water partition coefficient (Wildman–Crippen LogP) is 7.65. The number of carbonyl (C=O) groups is 2. The monoisotopic (exact) mass is 591 g/mol. The van der Waals surface area contributed by atoms with Gasteiger partial charge < -0.3 is 19.1 Å². The van der Waals surface area contributed by atoms with Crippen LogP contribution in [0.4, 0.5) is 0 Å². The Kier molecular flexibility index (Phi) is 8.60. The molecule has 0 spiro atoms. The first-order valence-electron chi connectivity index (χ1n) is 14.9. The van der Waals surface area contributed by atoms with Gasteiger partial charge in [0.15, 0.2) is 23.1 Å². The minimum atomic E-state index is -0.439. The van der Waals surface area contributed by atoms with Gasteiger partial charge in [-0.15, -0.1) is 0 Å². The summed E-state index contributed by atoms with van der Waals surface area (Å²) in [4.78, 5) is 30.2. The highest BCUT2D eigenvalue weighted by atomic mass is 35.5. The number of benzene rings is 2. The van der Waals surface area contributed by atoms with Crippen LogP contribution in [0, 0.1) is 10.8 Å². The van der Waals surface area contributed by atoms with E-state index in [4.69, 9.17) is 25.8 Å². The normalized spacial score (nSPS) is 20.0.